The highest BCUT2D eigenvalue weighted by molar-refractivity contribution is 6.30. The van der Waals surface area contributed by atoms with Crippen molar-refractivity contribution in [3.05, 3.63) is 94.3 Å². The Bertz CT molecular complexity index is 1020. The Morgan fingerprint density at radius 3 is 2.29 bits per heavy atom. The first kappa shape index (κ1) is 18.5. The van der Waals surface area contributed by atoms with Crippen LogP contribution in [0.25, 0.3) is 0 Å². The molecule has 0 aromatic heterocycles. The Morgan fingerprint density at radius 2 is 1.64 bits per heavy atom. The lowest BCUT2D eigenvalue weighted by Crippen LogP contribution is -2.61. The minimum absolute atomic E-state index is 0.161. The van der Waals surface area contributed by atoms with E-state index in [0.29, 0.717) is 16.5 Å². The van der Waals surface area contributed by atoms with Crippen LogP contribution in [0.4, 0.5) is 10.1 Å². The van der Waals surface area contributed by atoms with Gasteiger partial charge in [-0.2, -0.15) is 0 Å². The fraction of sp³-hybridized carbons (Fsp3) is 0.174. The minimum atomic E-state index is -0.660. The van der Waals surface area contributed by atoms with Gasteiger partial charge in [-0.25, -0.2) is 4.39 Å². The van der Waals surface area contributed by atoms with Gasteiger partial charge in [0.2, 0.25) is 6.10 Å². The first-order chi connectivity index (χ1) is 13.4. The summed E-state index contributed by atoms with van der Waals surface area (Å²) >= 11 is 6.02. The van der Waals surface area contributed by atoms with Gasteiger partial charge in [-0.05, 0) is 67.4 Å². The molecule has 3 aromatic carbocycles. The van der Waals surface area contributed by atoms with E-state index in [1.54, 1.807) is 35.2 Å². The fourth-order valence-electron chi connectivity index (χ4n) is 3.44. The minimum Gasteiger partial charge on any atom is -0.478 e. The zero-order chi connectivity index (χ0) is 19.8. The van der Waals surface area contributed by atoms with Crippen LogP contribution >= 0.6 is 11.6 Å². The summed E-state index contributed by atoms with van der Waals surface area (Å²) in [7, 11) is 0. The maximum atomic E-state index is 13.3. The molecule has 2 atom stereocenters. The zero-order valence-electron chi connectivity index (χ0n) is 15.5. The molecule has 0 unspecified atom stereocenters. The lowest BCUT2D eigenvalue weighted by molar-refractivity contribution is -0.135. The van der Waals surface area contributed by atoms with Gasteiger partial charge in [-0.3, -0.25) is 9.69 Å². The topological polar surface area (TPSA) is 29.5 Å². The average molecular weight is 396 g/mol. The van der Waals surface area contributed by atoms with Crippen LogP contribution in [0.15, 0.2) is 66.7 Å². The number of halogens is 2. The number of rotatable bonds is 4. The van der Waals surface area contributed by atoms with Crippen molar-refractivity contribution in [2.75, 3.05) is 4.90 Å². The van der Waals surface area contributed by atoms with E-state index in [4.69, 9.17) is 16.3 Å². The van der Waals surface area contributed by atoms with Crippen molar-refractivity contribution >= 4 is 23.2 Å². The van der Waals surface area contributed by atoms with E-state index in [2.05, 4.69) is 0 Å². The number of anilines is 1. The molecule has 1 fully saturated rings. The van der Waals surface area contributed by atoms with Crippen LogP contribution in [-0.4, -0.2) is 12.0 Å². The van der Waals surface area contributed by atoms with Crippen molar-refractivity contribution in [3.63, 3.8) is 0 Å². The molecule has 0 bridgehead atoms. The number of aryl methyl sites for hydroxylation is 2. The molecule has 28 heavy (non-hydrogen) atoms. The molecular formula is C23H19ClFNO2. The molecule has 1 amide bonds. The van der Waals surface area contributed by atoms with Crippen molar-refractivity contribution < 1.29 is 13.9 Å². The predicted octanol–water partition coefficient (Wildman–Crippen LogP) is 5.63. The van der Waals surface area contributed by atoms with Crippen LogP contribution in [0.5, 0.6) is 5.75 Å². The van der Waals surface area contributed by atoms with Crippen molar-refractivity contribution in [2.24, 2.45) is 0 Å². The number of ether oxygens (including phenoxy) is 1. The maximum absolute atomic E-state index is 13.3. The number of β-lactam (4-membered cyclic amide) rings is 1. The van der Waals surface area contributed by atoms with E-state index in [9.17, 15) is 9.18 Å². The van der Waals surface area contributed by atoms with Gasteiger partial charge in [0.25, 0.3) is 5.91 Å². The second-order valence-corrected chi connectivity index (χ2v) is 7.42. The van der Waals surface area contributed by atoms with Gasteiger partial charge in [0.1, 0.15) is 17.6 Å². The van der Waals surface area contributed by atoms with Crippen LogP contribution in [0.2, 0.25) is 5.02 Å². The molecule has 142 valence electrons. The summed E-state index contributed by atoms with van der Waals surface area (Å²) in [5.41, 5.74) is 3.60. The number of hydrogen-bond acceptors (Lipinski definition) is 2. The Labute approximate surface area is 168 Å². The van der Waals surface area contributed by atoms with E-state index in [-0.39, 0.29) is 17.8 Å². The summed E-state index contributed by atoms with van der Waals surface area (Å²) in [6.07, 6.45) is -0.660. The van der Waals surface area contributed by atoms with Crippen LogP contribution in [0.3, 0.4) is 0 Å². The van der Waals surface area contributed by atoms with Crippen LogP contribution in [0.1, 0.15) is 22.7 Å². The number of amides is 1. The molecule has 1 saturated heterocycles. The van der Waals surface area contributed by atoms with E-state index in [1.807, 2.05) is 38.1 Å². The highest BCUT2D eigenvalue weighted by Crippen LogP contribution is 2.42. The summed E-state index contributed by atoms with van der Waals surface area (Å²) in [6, 6.07) is 18.9. The molecule has 3 aromatic rings. The summed E-state index contributed by atoms with van der Waals surface area (Å²) in [6.45, 7) is 3.90. The molecule has 1 aliphatic rings. The molecule has 1 aliphatic heterocycles. The molecular weight excluding hydrogens is 377 g/mol. The molecule has 5 heteroatoms. The van der Waals surface area contributed by atoms with Crippen LogP contribution in [0, 0.1) is 19.7 Å². The highest BCUT2D eigenvalue weighted by Gasteiger charge is 2.51. The van der Waals surface area contributed by atoms with Crippen LogP contribution in [-0.2, 0) is 4.79 Å². The first-order valence-electron chi connectivity index (χ1n) is 9.02. The van der Waals surface area contributed by atoms with E-state index in [0.717, 1.165) is 16.7 Å². The smallest absolute Gasteiger partial charge is 0.271 e. The predicted molar refractivity (Wildman–Crippen MR) is 108 cm³/mol. The van der Waals surface area contributed by atoms with Gasteiger partial charge in [0.15, 0.2) is 0 Å². The van der Waals surface area contributed by atoms with Crippen molar-refractivity contribution in [1.82, 2.24) is 0 Å². The normalized spacial score (nSPS) is 18.7. The third-order valence-corrected chi connectivity index (χ3v) is 5.20. The van der Waals surface area contributed by atoms with Gasteiger partial charge in [0, 0.05) is 10.7 Å². The molecule has 0 radical (unpaired) electrons. The van der Waals surface area contributed by atoms with Crippen molar-refractivity contribution in [1.29, 1.82) is 0 Å². The van der Waals surface area contributed by atoms with Gasteiger partial charge in [-0.1, -0.05) is 41.4 Å². The SMILES string of the molecule is Cc1ccc([C@H]2[C@@H](Oc3ccc(Cl)cc3C)C(=O)N2c2ccc(F)cc2)cc1. The van der Waals surface area contributed by atoms with Crippen molar-refractivity contribution in [3.8, 4) is 5.75 Å². The lowest BCUT2D eigenvalue weighted by Gasteiger charge is -2.46. The van der Waals surface area contributed by atoms with Crippen molar-refractivity contribution in [2.45, 2.75) is 26.0 Å². The molecule has 0 saturated carbocycles. The van der Waals surface area contributed by atoms with E-state index in [1.165, 1.54) is 12.1 Å². The number of nitrogens with zero attached hydrogens (tertiary/aromatic N) is 1. The fourth-order valence-corrected chi connectivity index (χ4v) is 3.66. The second kappa shape index (κ2) is 7.28. The first-order valence-corrected chi connectivity index (χ1v) is 9.40. The summed E-state index contributed by atoms with van der Waals surface area (Å²) in [5, 5.41) is 0.618. The Hall–Kier alpha value is -2.85. The maximum Gasteiger partial charge on any atom is 0.271 e. The largest absolute Gasteiger partial charge is 0.478 e. The monoisotopic (exact) mass is 395 g/mol. The van der Waals surface area contributed by atoms with Crippen LogP contribution < -0.4 is 9.64 Å². The summed E-state index contributed by atoms with van der Waals surface area (Å²) in [5.74, 6) is 0.123. The number of hydrogen-bond donors (Lipinski definition) is 0. The van der Waals surface area contributed by atoms with Gasteiger partial charge in [0.05, 0.1) is 0 Å². The van der Waals surface area contributed by atoms with Gasteiger partial charge in [-0.15, -0.1) is 0 Å². The average Bonchev–Trinajstić information content (AvgIpc) is 2.67. The van der Waals surface area contributed by atoms with Gasteiger partial charge >= 0.3 is 0 Å². The third-order valence-electron chi connectivity index (χ3n) is 4.96. The molecule has 4 rings (SSSR count). The Morgan fingerprint density at radius 1 is 0.964 bits per heavy atom. The number of benzene rings is 3. The number of carbonyl (C=O) groups excluding carboxylic acids is 1. The molecule has 3 nitrogen and oxygen atoms in total. The lowest BCUT2D eigenvalue weighted by atomic mass is 9.89. The quantitative estimate of drug-likeness (QED) is 0.535. The standard InChI is InChI=1S/C23H19ClFNO2/c1-14-3-5-16(6-4-14)21-22(28-20-12-7-17(24)13-15(20)2)23(27)26(21)19-10-8-18(25)9-11-19/h3-13,21-22H,1-2H3/t21-,22+/m0/s1. The Balaban J connectivity index is 1.69. The van der Waals surface area contributed by atoms with E-state index < -0.39 is 6.10 Å². The molecule has 0 N–H and O–H groups in total. The van der Waals surface area contributed by atoms with Gasteiger partial charge < -0.3 is 4.74 Å². The summed E-state index contributed by atoms with van der Waals surface area (Å²) < 4.78 is 19.4. The zero-order valence-corrected chi connectivity index (χ0v) is 16.3. The highest BCUT2D eigenvalue weighted by atomic mass is 35.5. The third kappa shape index (κ3) is 3.36. The summed E-state index contributed by atoms with van der Waals surface area (Å²) in [4.78, 5) is 14.6. The molecule has 1 heterocycles. The van der Waals surface area contributed by atoms with E-state index >= 15 is 0 Å². The number of carbonyl (C=O) groups is 1. The second-order valence-electron chi connectivity index (χ2n) is 6.99. The Kier molecular flexibility index (Phi) is 4.82. The molecule has 0 aliphatic carbocycles. The molecule has 0 spiro atoms.